The topological polar surface area (TPSA) is 64.6 Å². The molecule has 1 aromatic rings. The van der Waals surface area contributed by atoms with Crippen LogP contribution in [0.2, 0.25) is 5.02 Å². The van der Waals surface area contributed by atoms with Crippen molar-refractivity contribution < 1.29 is 19.1 Å². The second-order valence-corrected chi connectivity index (χ2v) is 4.50. The van der Waals surface area contributed by atoms with Gasteiger partial charge in [0, 0.05) is 0 Å². The first-order chi connectivity index (χ1) is 8.93. The molecule has 6 heteroatoms. The lowest BCUT2D eigenvalue weighted by molar-refractivity contribution is -0.121. The van der Waals surface area contributed by atoms with Crippen molar-refractivity contribution in [1.29, 1.82) is 0 Å². The molecule has 0 unspecified atom stereocenters. The van der Waals surface area contributed by atoms with Crippen molar-refractivity contribution in [3.8, 4) is 0 Å². The first-order valence-electron chi connectivity index (χ1n) is 5.73. The summed E-state index contributed by atoms with van der Waals surface area (Å²) in [4.78, 5) is 23.0. The molecule has 0 fully saturated rings. The van der Waals surface area contributed by atoms with Gasteiger partial charge in [-0.05, 0) is 32.0 Å². The van der Waals surface area contributed by atoms with Crippen LogP contribution >= 0.6 is 11.6 Å². The summed E-state index contributed by atoms with van der Waals surface area (Å²) >= 11 is 5.94. The highest BCUT2D eigenvalue weighted by Gasteiger charge is 2.11. The Hall–Kier alpha value is -1.59. The van der Waals surface area contributed by atoms with E-state index in [1.165, 1.54) is 25.3 Å². The third kappa shape index (κ3) is 4.89. The molecule has 0 radical (unpaired) electrons. The molecule has 0 aliphatic heterocycles. The molecule has 5 nitrogen and oxygen atoms in total. The Kier molecular flexibility index (Phi) is 5.79. The van der Waals surface area contributed by atoms with Gasteiger partial charge in [0.2, 0.25) is 5.91 Å². The van der Waals surface area contributed by atoms with Crippen molar-refractivity contribution in [3.63, 3.8) is 0 Å². The number of esters is 1. The van der Waals surface area contributed by atoms with Gasteiger partial charge in [0.25, 0.3) is 0 Å². The number of hydrogen-bond acceptors (Lipinski definition) is 4. The standard InChI is InChI=1S/C13H16ClNO4/c1-8(2)19-7-12(16)15-11-6-9(13(17)18-3)4-5-10(11)14/h4-6,8H,7H2,1-3H3,(H,15,16). The van der Waals surface area contributed by atoms with E-state index in [9.17, 15) is 9.59 Å². The minimum absolute atomic E-state index is 0.0392. The van der Waals surface area contributed by atoms with Crippen molar-refractivity contribution in [3.05, 3.63) is 28.8 Å². The molecule has 1 aromatic carbocycles. The first-order valence-corrected chi connectivity index (χ1v) is 6.11. The Labute approximate surface area is 116 Å². The monoisotopic (exact) mass is 285 g/mol. The fraction of sp³-hybridized carbons (Fsp3) is 0.385. The van der Waals surface area contributed by atoms with E-state index in [0.717, 1.165) is 0 Å². The molecule has 1 amide bonds. The molecule has 104 valence electrons. The number of carbonyl (C=O) groups excluding carboxylic acids is 2. The van der Waals surface area contributed by atoms with Crippen molar-refractivity contribution in [2.45, 2.75) is 20.0 Å². The van der Waals surface area contributed by atoms with Gasteiger partial charge in [-0.3, -0.25) is 4.79 Å². The molecule has 0 saturated heterocycles. The molecule has 0 spiro atoms. The predicted molar refractivity (Wildman–Crippen MR) is 72.5 cm³/mol. The average Bonchev–Trinajstić information content (AvgIpc) is 2.38. The van der Waals surface area contributed by atoms with Gasteiger partial charge in [-0.2, -0.15) is 0 Å². The van der Waals surface area contributed by atoms with Crippen LogP contribution in [0.3, 0.4) is 0 Å². The maximum absolute atomic E-state index is 11.6. The predicted octanol–water partition coefficient (Wildman–Crippen LogP) is 2.49. The van der Waals surface area contributed by atoms with Gasteiger partial charge < -0.3 is 14.8 Å². The largest absolute Gasteiger partial charge is 0.465 e. The van der Waals surface area contributed by atoms with Gasteiger partial charge in [0.15, 0.2) is 0 Å². The van der Waals surface area contributed by atoms with Crippen LogP contribution in [-0.2, 0) is 14.3 Å². The van der Waals surface area contributed by atoms with E-state index in [2.05, 4.69) is 10.1 Å². The Morgan fingerprint density at radius 3 is 2.63 bits per heavy atom. The number of methoxy groups -OCH3 is 1. The maximum atomic E-state index is 11.6. The number of anilines is 1. The molecule has 0 atom stereocenters. The SMILES string of the molecule is COC(=O)c1ccc(Cl)c(NC(=O)COC(C)C)c1. The minimum Gasteiger partial charge on any atom is -0.465 e. The molecule has 0 aliphatic carbocycles. The Balaban J connectivity index is 2.77. The van der Waals surface area contributed by atoms with Crippen LogP contribution in [0.25, 0.3) is 0 Å². The summed E-state index contributed by atoms with van der Waals surface area (Å²) in [7, 11) is 1.28. The van der Waals surface area contributed by atoms with Crippen molar-refractivity contribution in [2.24, 2.45) is 0 Å². The van der Waals surface area contributed by atoms with E-state index in [-0.39, 0.29) is 18.6 Å². The van der Waals surface area contributed by atoms with Gasteiger partial charge in [0.1, 0.15) is 6.61 Å². The molecule has 1 N–H and O–H groups in total. The van der Waals surface area contributed by atoms with E-state index in [4.69, 9.17) is 16.3 Å². The third-order valence-corrected chi connectivity index (χ3v) is 2.54. The molecule has 0 saturated carbocycles. The molecule has 0 heterocycles. The quantitative estimate of drug-likeness (QED) is 0.844. The lowest BCUT2D eigenvalue weighted by Crippen LogP contribution is -2.21. The van der Waals surface area contributed by atoms with E-state index >= 15 is 0 Å². The summed E-state index contributed by atoms with van der Waals surface area (Å²) in [6.45, 7) is 3.59. The van der Waals surface area contributed by atoms with Crippen molar-refractivity contribution >= 4 is 29.2 Å². The number of hydrogen-bond donors (Lipinski definition) is 1. The Morgan fingerprint density at radius 1 is 1.37 bits per heavy atom. The number of carbonyl (C=O) groups is 2. The van der Waals surface area contributed by atoms with Crippen LogP contribution in [0.1, 0.15) is 24.2 Å². The molecule has 1 rings (SSSR count). The number of rotatable bonds is 5. The zero-order chi connectivity index (χ0) is 14.4. The van der Waals surface area contributed by atoms with Gasteiger partial charge in [-0.25, -0.2) is 4.79 Å². The summed E-state index contributed by atoms with van der Waals surface area (Å²) in [6, 6.07) is 4.50. The average molecular weight is 286 g/mol. The van der Waals surface area contributed by atoms with Crippen LogP contribution < -0.4 is 5.32 Å². The smallest absolute Gasteiger partial charge is 0.337 e. The fourth-order valence-corrected chi connectivity index (χ4v) is 1.46. The Bertz CT molecular complexity index is 474. The van der Waals surface area contributed by atoms with Crippen molar-refractivity contribution in [1.82, 2.24) is 0 Å². The van der Waals surface area contributed by atoms with Crippen LogP contribution in [0.5, 0.6) is 0 Å². The number of halogens is 1. The molecule has 19 heavy (non-hydrogen) atoms. The van der Waals surface area contributed by atoms with E-state index in [1.54, 1.807) is 0 Å². The highest BCUT2D eigenvalue weighted by molar-refractivity contribution is 6.33. The second kappa shape index (κ2) is 7.11. The molecule has 0 bridgehead atoms. The van der Waals surface area contributed by atoms with E-state index < -0.39 is 5.97 Å². The lowest BCUT2D eigenvalue weighted by atomic mass is 10.2. The van der Waals surface area contributed by atoms with Gasteiger partial charge >= 0.3 is 5.97 Å². The zero-order valence-corrected chi connectivity index (χ0v) is 11.8. The third-order valence-electron chi connectivity index (χ3n) is 2.21. The number of amides is 1. The zero-order valence-electron chi connectivity index (χ0n) is 11.0. The van der Waals surface area contributed by atoms with Gasteiger partial charge in [-0.15, -0.1) is 0 Å². The van der Waals surface area contributed by atoms with Crippen LogP contribution in [0.15, 0.2) is 18.2 Å². The summed E-state index contributed by atoms with van der Waals surface area (Å²) in [5, 5.41) is 2.92. The van der Waals surface area contributed by atoms with Crippen LogP contribution in [0, 0.1) is 0 Å². The fourth-order valence-electron chi connectivity index (χ4n) is 1.29. The van der Waals surface area contributed by atoms with Crippen LogP contribution in [-0.4, -0.2) is 31.7 Å². The second-order valence-electron chi connectivity index (χ2n) is 4.09. The number of ether oxygens (including phenoxy) is 2. The molecule has 0 aliphatic rings. The van der Waals surface area contributed by atoms with Gasteiger partial charge in [0.05, 0.1) is 29.5 Å². The van der Waals surface area contributed by atoms with Crippen molar-refractivity contribution in [2.75, 3.05) is 19.0 Å². The minimum atomic E-state index is -0.495. The maximum Gasteiger partial charge on any atom is 0.337 e. The number of benzene rings is 1. The lowest BCUT2D eigenvalue weighted by Gasteiger charge is -2.10. The number of nitrogens with one attached hydrogen (secondary N) is 1. The summed E-state index contributed by atoms with van der Waals surface area (Å²) < 4.78 is 9.76. The van der Waals surface area contributed by atoms with E-state index in [1.807, 2.05) is 13.8 Å². The van der Waals surface area contributed by atoms with E-state index in [0.29, 0.717) is 16.3 Å². The van der Waals surface area contributed by atoms with Crippen LogP contribution in [0.4, 0.5) is 5.69 Å². The Morgan fingerprint density at radius 2 is 2.05 bits per heavy atom. The normalized spacial score (nSPS) is 10.4. The molecular weight excluding hydrogens is 270 g/mol. The summed E-state index contributed by atoms with van der Waals surface area (Å²) in [5.74, 6) is -0.830. The highest BCUT2D eigenvalue weighted by Crippen LogP contribution is 2.23. The van der Waals surface area contributed by atoms with Gasteiger partial charge in [-0.1, -0.05) is 11.6 Å². The first kappa shape index (κ1) is 15.5. The highest BCUT2D eigenvalue weighted by atomic mass is 35.5. The summed E-state index contributed by atoms with van der Waals surface area (Å²) in [5.41, 5.74) is 0.661. The molecular formula is C13H16ClNO4. The molecule has 0 aromatic heterocycles. The summed E-state index contributed by atoms with van der Waals surface area (Å²) in [6.07, 6.45) is -0.0392.